The zero-order chi connectivity index (χ0) is 19.4. The van der Waals surface area contributed by atoms with E-state index in [9.17, 15) is 17.6 Å². The maximum Gasteiger partial charge on any atom is 0.263 e. The standard InChI is InChI=1S/C18H23FN4O3S/c1-2-22-13-15(17(24)20-12-14-8-4-5-9-16(14)19)18(21-22)27(25,26)23-10-6-3-7-11-23/h4-5,8-9,13H,2-3,6-7,10-12H2,1H3,(H,20,24). The number of aromatic nitrogens is 2. The van der Waals surface area contributed by atoms with Gasteiger partial charge in [0.2, 0.25) is 5.03 Å². The van der Waals surface area contributed by atoms with Gasteiger partial charge in [0, 0.05) is 37.9 Å². The highest BCUT2D eigenvalue weighted by Crippen LogP contribution is 2.22. The Bertz CT molecular complexity index is 920. The first-order valence-electron chi connectivity index (χ1n) is 9.02. The SMILES string of the molecule is CCn1cc(C(=O)NCc2ccccc2F)c(S(=O)(=O)N2CCCCC2)n1. The normalized spacial score (nSPS) is 15.6. The predicted molar refractivity (Wildman–Crippen MR) is 98.1 cm³/mol. The maximum absolute atomic E-state index is 13.7. The lowest BCUT2D eigenvalue weighted by Crippen LogP contribution is -2.37. The second-order valence-electron chi connectivity index (χ2n) is 6.44. The van der Waals surface area contributed by atoms with Crippen LogP contribution in [0.25, 0.3) is 0 Å². The second kappa shape index (κ2) is 8.18. The molecule has 0 spiro atoms. The fourth-order valence-electron chi connectivity index (χ4n) is 3.05. The van der Waals surface area contributed by atoms with E-state index in [1.807, 2.05) is 6.92 Å². The van der Waals surface area contributed by atoms with Gasteiger partial charge in [0.25, 0.3) is 15.9 Å². The van der Waals surface area contributed by atoms with E-state index in [1.165, 1.54) is 21.3 Å². The number of nitrogens with zero attached hydrogens (tertiary/aromatic N) is 3. The molecule has 7 nitrogen and oxygen atoms in total. The highest BCUT2D eigenvalue weighted by atomic mass is 32.2. The lowest BCUT2D eigenvalue weighted by molar-refractivity contribution is 0.0947. The average molecular weight is 394 g/mol. The minimum Gasteiger partial charge on any atom is -0.348 e. The van der Waals surface area contributed by atoms with Crippen LogP contribution in [0.4, 0.5) is 4.39 Å². The van der Waals surface area contributed by atoms with Crippen LogP contribution in [0.2, 0.25) is 0 Å². The fraction of sp³-hybridized carbons (Fsp3) is 0.444. The van der Waals surface area contributed by atoms with Crippen LogP contribution in [0.3, 0.4) is 0 Å². The van der Waals surface area contributed by atoms with Crippen molar-refractivity contribution in [2.75, 3.05) is 13.1 Å². The number of benzene rings is 1. The summed E-state index contributed by atoms with van der Waals surface area (Å²) in [5.74, 6) is -1.02. The minimum absolute atomic E-state index is 0.0150. The summed E-state index contributed by atoms with van der Waals surface area (Å²) in [6, 6.07) is 6.11. The topological polar surface area (TPSA) is 84.3 Å². The van der Waals surface area contributed by atoms with Crippen molar-refractivity contribution < 1.29 is 17.6 Å². The van der Waals surface area contributed by atoms with E-state index in [2.05, 4.69) is 10.4 Å². The summed E-state index contributed by atoms with van der Waals surface area (Å²) in [4.78, 5) is 12.6. The zero-order valence-corrected chi connectivity index (χ0v) is 16.0. The lowest BCUT2D eigenvalue weighted by Gasteiger charge is -2.25. The average Bonchev–Trinajstić information content (AvgIpc) is 3.13. The summed E-state index contributed by atoms with van der Waals surface area (Å²) < 4.78 is 42.5. The van der Waals surface area contributed by atoms with Gasteiger partial charge in [-0.25, -0.2) is 12.8 Å². The molecule has 2 heterocycles. The Hall–Kier alpha value is -2.26. The van der Waals surface area contributed by atoms with E-state index < -0.39 is 21.7 Å². The molecule has 9 heteroatoms. The number of piperidine rings is 1. The molecule has 1 saturated heterocycles. The zero-order valence-electron chi connectivity index (χ0n) is 15.2. The maximum atomic E-state index is 13.7. The van der Waals surface area contributed by atoms with Crippen LogP contribution >= 0.6 is 0 Å². The Morgan fingerprint density at radius 3 is 2.59 bits per heavy atom. The molecule has 2 aromatic rings. The molecule has 1 fully saturated rings. The Morgan fingerprint density at radius 2 is 1.93 bits per heavy atom. The molecule has 0 unspecified atom stereocenters. The molecular weight excluding hydrogens is 371 g/mol. The number of carbonyl (C=O) groups is 1. The number of hydrogen-bond acceptors (Lipinski definition) is 4. The Kier molecular flexibility index (Phi) is 5.91. The van der Waals surface area contributed by atoms with Crippen LogP contribution in [0, 0.1) is 5.82 Å². The van der Waals surface area contributed by atoms with E-state index in [4.69, 9.17) is 0 Å². The lowest BCUT2D eigenvalue weighted by atomic mass is 10.2. The molecule has 1 aromatic heterocycles. The molecule has 0 radical (unpaired) electrons. The Balaban J connectivity index is 1.85. The van der Waals surface area contributed by atoms with Gasteiger partial charge in [-0.1, -0.05) is 24.6 Å². The first-order valence-corrected chi connectivity index (χ1v) is 10.5. The number of halogens is 1. The van der Waals surface area contributed by atoms with Crippen molar-refractivity contribution in [1.82, 2.24) is 19.4 Å². The van der Waals surface area contributed by atoms with Gasteiger partial charge in [0.05, 0.1) is 5.56 Å². The van der Waals surface area contributed by atoms with Crippen LogP contribution in [0.1, 0.15) is 42.1 Å². The highest BCUT2D eigenvalue weighted by Gasteiger charge is 2.33. The summed E-state index contributed by atoms with van der Waals surface area (Å²) in [6.07, 6.45) is 4.00. The summed E-state index contributed by atoms with van der Waals surface area (Å²) in [5, 5.41) is 6.48. The molecule has 146 valence electrons. The van der Waals surface area contributed by atoms with Crippen molar-refractivity contribution in [2.24, 2.45) is 0 Å². The third kappa shape index (κ3) is 4.19. The first-order chi connectivity index (χ1) is 12.9. The van der Waals surface area contributed by atoms with Crippen molar-refractivity contribution in [3.05, 3.63) is 47.4 Å². The van der Waals surface area contributed by atoms with Crippen LogP contribution in [-0.2, 0) is 23.1 Å². The van der Waals surface area contributed by atoms with E-state index in [0.717, 1.165) is 19.3 Å². The Morgan fingerprint density at radius 1 is 1.22 bits per heavy atom. The number of hydrogen-bond donors (Lipinski definition) is 1. The van der Waals surface area contributed by atoms with Crippen molar-refractivity contribution in [2.45, 2.75) is 44.3 Å². The van der Waals surface area contributed by atoms with Gasteiger partial charge in [0.15, 0.2) is 0 Å². The molecule has 3 rings (SSSR count). The molecule has 0 aliphatic carbocycles. The summed E-state index contributed by atoms with van der Waals surface area (Å²) in [6.45, 7) is 3.07. The van der Waals surface area contributed by atoms with Crippen molar-refractivity contribution in [1.29, 1.82) is 0 Å². The Labute approximate surface area is 158 Å². The number of carbonyl (C=O) groups excluding carboxylic acids is 1. The molecule has 0 atom stereocenters. The summed E-state index contributed by atoms with van der Waals surface area (Å²) in [5.41, 5.74) is 0.313. The molecular formula is C18H23FN4O3S. The quantitative estimate of drug-likeness (QED) is 0.814. The number of amides is 1. The molecule has 1 aliphatic rings. The van der Waals surface area contributed by atoms with Crippen molar-refractivity contribution in [3.8, 4) is 0 Å². The molecule has 0 saturated carbocycles. The number of rotatable bonds is 6. The largest absolute Gasteiger partial charge is 0.348 e. The third-order valence-corrected chi connectivity index (χ3v) is 6.43. The van der Waals surface area contributed by atoms with Crippen molar-refractivity contribution >= 4 is 15.9 Å². The number of nitrogens with one attached hydrogen (secondary N) is 1. The second-order valence-corrected chi connectivity index (χ2v) is 8.30. The van der Waals surface area contributed by atoms with E-state index >= 15 is 0 Å². The van der Waals surface area contributed by atoms with Crippen LogP contribution < -0.4 is 5.32 Å². The number of sulfonamides is 1. The first kappa shape index (κ1) is 19.5. The van der Waals surface area contributed by atoms with Crippen LogP contribution in [0.15, 0.2) is 35.5 Å². The van der Waals surface area contributed by atoms with E-state index in [0.29, 0.717) is 25.2 Å². The van der Waals surface area contributed by atoms with E-state index in [1.54, 1.807) is 18.2 Å². The van der Waals surface area contributed by atoms with Gasteiger partial charge in [-0.15, -0.1) is 0 Å². The van der Waals surface area contributed by atoms with Gasteiger partial charge in [0.1, 0.15) is 5.82 Å². The predicted octanol–water partition coefficient (Wildman–Crippen LogP) is 2.15. The summed E-state index contributed by atoms with van der Waals surface area (Å²) >= 11 is 0. The summed E-state index contributed by atoms with van der Waals surface area (Å²) in [7, 11) is -3.85. The highest BCUT2D eigenvalue weighted by molar-refractivity contribution is 7.89. The van der Waals surface area contributed by atoms with Gasteiger partial charge >= 0.3 is 0 Å². The number of aryl methyl sites for hydroxylation is 1. The molecule has 1 N–H and O–H groups in total. The molecule has 27 heavy (non-hydrogen) atoms. The van der Waals surface area contributed by atoms with Crippen LogP contribution in [-0.4, -0.2) is 41.5 Å². The van der Waals surface area contributed by atoms with E-state index in [-0.39, 0.29) is 17.1 Å². The van der Waals surface area contributed by atoms with Crippen molar-refractivity contribution in [3.63, 3.8) is 0 Å². The molecule has 1 aliphatic heterocycles. The third-order valence-electron chi connectivity index (χ3n) is 4.59. The van der Waals surface area contributed by atoms with Crippen LogP contribution in [0.5, 0.6) is 0 Å². The fourth-order valence-corrected chi connectivity index (χ4v) is 4.67. The van der Waals surface area contributed by atoms with Gasteiger partial charge in [-0.2, -0.15) is 9.40 Å². The molecule has 1 amide bonds. The van der Waals surface area contributed by atoms with Gasteiger partial charge in [-0.05, 0) is 25.8 Å². The minimum atomic E-state index is -3.85. The molecule has 1 aromatic carbocycles. The molecule has 0 bridgehead atoms. The smallest absolute Gasteiger partial charge is 0.263 e. The van der Waals surface area contributed by atoms with Gasteiger partial charge < -0.3 is 5.32 Å². The monoisotopic (exact) mass is 394 g/mol. The van der Waals surface area contributed by atoms with Gasteiger partial charge in [-0.3, -0.25) is 9.48 Å².